The molecule has 2 heterocycles. The summed E-state index contributed by atoms with van der Waals surface area (Å²) in [7, 11) is 0. The van der Waals surface area contributed by atoms with E-state index in [9.17, 15) is 9.59 Å². The number of hydrogen-bond donors (Lipinski definition) is 1. The number of aromatic nitrogens is 2. The molecule has 2 atom stereocenters. The van der Waals surface area contributed by atoms with Gasteiger partial charge in [-0.05, 0) is 27.2 Å². The smallest absolute Gasteiger partial charge is 0.257 e. The first-order chi connectivity index (χ1) is 9.43. The van der Waals surface area contributed by atoms with E-state index < -0.39 is 0 Å². The van der Waals surface area contributed by atoms with Gasteiger partial charge in [0.05, 0.1) is 6.04 Å². The molecule has 1 aromatic heterocycles. The van der Waals surface area contributed by atoms with Gasteiger partial charge in [0, 0.05) is 29.5 Å². The number of thioether (sulfide) groups is 1. The van der Waals surface area contributed by atoms with Crippen LogP contribution in [0, 0.1) is 13.8 Å². The Morgan fingerprint density at radius 3 is 2.90 bits per heavy atom. The van der Waals surface area contributed by atoms with E-state index in [1.807, 2.05) is 20.8 Å². The summed E-state index contributed by atoms with van der Waals surface area (Å²) < 4.78 is 1.68. The molecule has 110 valence electrons. The number of nitrogens with one attached hydrogen (secondary N) is 1. The lowest BCUT2D eigenvalue weighted by atomic mass is 10.2. The van der Waals surface area contributed by atoms with Crippen LogP contribution < -0.4 is 10.9 Å². The van der Waals surface area contributed by atoms with Crippen molar-refractivity contribution in [1.82, 2.24) is 14.9 Å². The molecule has 6 heteroatoms. The maximum Gasteiger partial charge on any atom is 0.257 e. The van der Waals surface area contributed by atoms with Crippen molar-refractivity contribution in [2.24, 2.45) is 0 Å². The quantitative estimate of drug-likeness (QED) is 0.861. The molecule has 5 nitrogen and oxygen atoms in total. The van der Waals surface area contributed by atoms with E-state index in [1.165, 1.54) is 0 Å². The molecule has 0 unspecified atom stereocenters. The molecular weight excluding hydrogens is 274 g/mol. The van der Waals surface area contributed by atoms with Crippen molar-refractivity contribution in [3.8, 4) is 0 Å². The van der Waals surface area contributed by atoms with Crippen LogP contribution in [0.2, 0.25) is 0 Å². The highest BCUT2D eigenvalue weighted by molar-refractivity contribution is 7.99. The van der Waals surface area contributed by atoms with Crippen molar-refractivity contribution in [3.63, 3.8) is 0 Å². The first kappa shape index (κ1) is 15.1. The number of nitrogens with zero attached hydrogens (tertiary/aromatic N) is 2. The van der Waals surface area contributed by atoms with E-state index >= 15 is 0 Å². The summed E-state index contributed by atoms with van der Waals surface area (Å²) in [4.78, 5) is 28.8. The standard InChI is InChI=1S/C14H21N3O2S/c1-5-8(2)15-12(18)6-11-7-20-14-16-10(4)9(3)13(19)17(11)14/h8,11H,5-7H2,1-4H3,(H,15,18)/t8-,11+/m0/s1. The highest BCUT2D eigenvalue weighted by Crippen LogP contribution is 2.32. The summed E-state index contributed by atoms with van der Waals surface area (Å²) in [6.45, 7) is 7.65. The zero-order chi connectivity index (χ0) is 14.9. The predicted molar refractivity (Wildman–Crippen MR) is 80.2 cm³/mol. The van der Waals surface area contributed by atoms with Gasteiger partial charge in [0.1, 0.15) is 0 Å². The average molecular weight is 295 g/mol. The molecule has 0 radical (unpaired) electrons. The third-order valence-electron chi connectivity index (χ3n) is 3.76. The summed E-state index contributed by atoms with van der Waals surface area (Å²) in [5, 5.41) is 3.68. The van der Waals surface area contributed by atoms with Crippen LogP contribution in [0.5, 0.6) is 0 Å². The lowest BCUT2D eigenvalue weighted by Crippen LogP contribution is -2.35. The van der Waals surface area contributed by atoms with E-state index in [2.05, 4.69) is 10.3 Å². The topological polar surface area (TPSA) is 64.0 Å². The van der Waals surface area contributed by atoms with Crippen molar-refractivity contribution in [3.05, 3.63) is 21.6 Å². The molecule has 1 aliphatic heterocycles. The second kappa shape index (κ2) is 5.99. The number of carbonyl (C=O) groups excluding carboxylic acids is 1. The Hall–Kier alpha value is -1.30. The molecule has 0 saturated carbocycles. The van der Waals surface area contributed by atoms with Crippen LogP contribution in [0.4, 0.5) is 0 Å². The summed E-state index contributed by atoms with van der Waals surface area (Å²) in [6.07, 6.45) is 1.25. The van der Waals surface area contributed by atoms with E-state index in [1.54, 1.807) is 23.3 Å². The van der Waals surface area contributed by atoms with Gasteiger partial charge in [0.2, 0.25) is 5.91 Å². The Morgan fingerprint density at radius 2 is 2.25 bits per heavy atom. The van der Waals surface area contributed by atoms with Gasteiger partial charge in [-0.25, -0.2) is 4.98 Å². The molecule has 0 aliphatic carbocycles. The minimum atomic E-state index is -0.0849. The molecule has 0 saturated heterocycles. The van der Waals surface area contributed by atoms with Gasteiger partial charge in [-0.2, -0.15) is 0 Å². The minimum absolute atomic E-state index is 0.00271. The normalized spacial score (nSPS) is 18.7. The molecule has 0 spiro atoms. The van der Waals surface area contributed by atoms with Crippen LogP contribution >= 0.6 is 11.8 Å². The van der Waals surface area contributed by atoms with Crippen LogP contribution in [-0.2, 0) is 4.79 Å². The maximum absolute atomic E-state index is 12.3. The predicted octanol–water partition coefficient (Wildman–Crippen LogP) is 1.81. The highest BCUT2D eigenvalue weighted by Gasteiger charge is 2.28. The van der Waals surface area contributed by atoms with Gasteiger partial charge in [-0.3, -0.25) is 14.2 Å². The van der Waals surface area contributed by atoms with Crippen molar-refractivity contribution >= 4 is 17.7 Å². The zero-order valence-corrected chi connectivity index (χ0v) is 13.2. The van der Waals surface area contributed by atoms with Crippen LogP contribution in [0.15, 0.2) is 9.95 Å². The number of rotatable bonds is 4. The zero-order valence-electron chi connectivity index (χ0n) is 12.4. The van der Waals surface area contributed by atoms with E-state index in [0.717, 1.165) is 23.0 Å². The summed E-state index contributed by atoms with van der Waals surface area (Å²) in [5.74, 6) is 0.738. The molecule has 1 aliphatic rings. The van der Waals surface area contributed by atoms with Crippen molar-refractivity contribution in [1.29, 1.82) is 0 Å². The Kier molecular flexibility index (Phi) is 4.52. The molecule has 2 rings (SSSR count). The second-order valence-electron chi connectivity index (χ2n) is 5.33. The largest absolute Gasteiger partial charge is 0.354 e. The Bertz CT molecular complexity index is 583. The van der Waals surface area contributed by atoms with Gasteiger partial charge >= 0.3 is 0 Å². The van der Waals surface area contributed by atoms with Gasteiger partial charge in [0.15, 0.2) is 5.16 Å². The summed E-state index contributed by atoms with van der Waals surface area (Å²) in [5.41, 5.74) is 1.43. The third-order valence-corrected chi connectivity index (χ3v) is 4.86. The molecule has 1 N–H and O–H groups in total. The van der Waals surface area contributed by atoms with E-state index in [-0.39, 0.29) is 23.6 Å². The minimum Gasteiger partial charge on any atom is -0.354 e. The number of amides is 1. The van der Waals surface area contributed by atoms with Gasteiger partial charge in [0.25, 0.3) is 5.56 Å². The lowest BCUT2D eigenvalue weighted by Gasteiger charge is -2.16. The van der Waals surface area contributed by atoms with Crippen molar-refractivity contribution in [2.75, 3.05) is 5.75 Å². The Balaban J connectivity index is 2.18. The molecule has 1 amide bonds. The second-order valence-corrected chi connectivity index (χ2v) is 6.31. The van der Waals surface area contributed by atoms with Crippen LogP contribution in [-0.4, -0.2) is 27.3 Å². The molecule has 0 aromatic carbocycles. The highest BCUT2D eigenvalue weighted by atomic mass is 32.2. The number of carbonyl (C=O) groups is 1. The van der Waals surface area contributed by atoms with E-state index in [4.69, 9.17) is 0 Å². The van der Waals surface area contributed by atoms with Crippen LogP contribution in [0.25, 0.3) is 0 Å². The van der Waals surface area contributed by atoms with Crippen LogP contribution in [0.1, 0.15) is 44.0 Å². The van der Waals surface area contributed by atoms with Crippen molar-refractivity contribution < 1.29 is 4.79 Å². The maximum atomic E-state index is 12.3. The first-order valence-corrected chi connectivity index (χ1v) is 7.94. The number of hydrogen-bond acceptors (Lipinski definition) is 4. The monoisotopic (exact) mass is 295 g/mol. The van der Waals surface area contributed by atoms with E-state index in [0.29, 0.717) is 12.0 Å². The third kappa shape index (κ3) is 2.90. The fraction of sp³-hybridized carbons (Fsp3) is 0.643. The fourth-order valence-electron chi connectivity index (χ4n) is 2.17. The average Bonchev–Trinajstić information content (AvgIpc) is 2.78. The fourth-order valence-corrected chi connectivity index (χ4v) is 3.35. The Labute approximate surface area is 123 Å². The lowest BCUT2D eigenvalue weighted by molar-refractivity contribution is -0.122. The van der Waals surface area contributed by atoms with Gasteiger partial charge < -0.3 is 5.32 Å². The molecule has 20 heavy (non-hydrogen) atoms. The molecular formula is C14H21N3O2S. The molecule has 0 fully saturated rings. The van der Waals surface area contributed by atoms with Gasteiger partial charge in [-0.15, -0.1) is 0 Å². The number of aryl methyl sites for hydroxylation is 1. The molecule has 1 aromatic rings. The molecule has 0 bridgehead atoms. The first-order valence-electron chi connectivity index (χ1n) is 6.96. The SMILES string of the molecule is CC[C@H](C)NC(=O)C[C@@H]1CSc2nc(C)c(C)c(=O)n21. The van der Waals surface area contributed by atoms with Crippen LogP contribution in [0.3, 0.4) is 0 Å². The summed E-state index contributed by atoms with van der Waals surface area (Å²) in [6, 6.07) is 0.0870. The number of fused-ring (bicyclic) bond motifs is 1. The van der Waals surface area contributed by atoms with Gasteiger partial charge in [-0.1, -0.05) is 18.7 Å². The van der Waals surface area contributed by atoms with Crippen molar-refractivity contribution in [2.45, 2.75) is 57.8 Å². The summed E-state index contributed by atoms with van der Waals surface area (Å²) >= 11 is 1.55. The Morgan fingerprint density at radius 1 is 1.55 bits per heavy atom.